The van der Waals surface area contributed by atoms with Crippen LogP contribution in [0.5, 0.6) is 5.75 Å². The number of para-hydroxylation sites is 3. The van der Waals surface area contributed by atoms with Crippen LogP contribution in [0.25, 0.3) is 11.0 Å². The molecule has 1 heterocycles. The van der Waals surface area contributed by atoms with Crippen molar-refractivity contribution < 1.29 is 9.30 Å². The lowest BCUT2D eigenvalue weighted by Gasteiger charge is -2.14. The zero-order chi connectivity index (χ0) is 17.9. The predicted molar refractivity (Wildman–Crippen MR) is 107 cm³/mol. The fourth-order valence-corrected chi connectivity index (χ4v) is 4.56. The summed E-state index contributed by atoms with van der Waals surface area (Å²) in [6, 6.07) is 18.3. The quantitative estimate of drug-likeness (QED) is 0.444. The van der Waals surface area contributed by atoms with E-state index in [4.69, 9.17) is 4.74 Å². The van der Waals surface area contributed by atoms with Crippen LogP contribution in [-0.2, 0) is 13.1 Å². The van der Waals surface area contributed by atoms with Gasteiger partial charge in [-0.1, -0.05) is 56.0 Å². The van der Waals surface area contributed by atoms with Gasteiger partial charge in [-0.2, -0.15) is 0 Å². The summed E-state index contributed by atoms with van der Waals surface area (Å²) in [6.07, 6.45) is 3.52. The third kappa shape index (κ3) is 4.31. The number of aromatic nitrogens is 2. The molecule has 0 bridgehead atoms. The van der Waals surface area contributed by atoms with Crippen molar-refractivity contribution in [2.45, 2.75) is 45.2 Å². The first-order valence-corrected chi connectivity index (χ1v) is 12.8. The van der Waals surface area contributed by atoms with Gasteiger partial charge in [0.2, 0.25) is 6.33 Å². The molecule has 3 nitrogen and oxygen atoms in total. The Morgan fingerprint density at radius 2 is 1.72 bits per heavy atom. The molecule has 0 atom stereocenters. The van der Waals surface area contributed by atoms with Gasteiger partial charge >= 0.3 is 0 Å². The van der Waals surface area contributed by atoms with Crippen LogP contribution in [0.3, 0.4) is 0 Å². The van der Waals surface area contributed by atoms with E-state index in [9.17, 15) is 0 Å². The molecule has 0 spiro atoms. The zero-order valence-electron chi connectivity index (χ0n) is 15.8. The van der Waals surface area contributed by atoms with Gasteiger partial charge in [-0.05, 0) is 24.6 Å². The number of aryl methyl sites for hydroxylation is 1. The molecule has 0 N–H and O–H groups in total. The first-order chi connectivity index (χ1) is 12.0. The van der Waals surface area contributed by atoms with E-state index in [2.05, 4.69) is 71.5 Å². The Kier molecular flexibility index (Phi) is 5.28. The first kappa shape index (κ1) is 17.7. The minimum absolute atomic E-state index is 0.825. The van der Waals surface area contributed by atoms with E-state index in [1.165, 1.54) is 29.1 Å². The Morgan fingerprint density at radius 1 is 1.00 bits per heavy atom. The van der Waals surface area contributed by atoms with E-state index in [0.29, 0.717) is 0 Å². The van der Waals surface area contributed by atoms with Crippen molar-refractivity contribution in [2.75, 3.05) is 7.11 Å². The largest absolute Gasteiger partial charge is 0.496 e. The van der Waals surface area contributed by atoms with E-state index < -0.39 is 8.07 Å². The number of ether oxygens (including phenoxy) is 1. The number of fused-ring (bicyclic) bond motifs is 1. The van der Waals surface area contributed by atoms with Gasteiger partial charge in [0, 0.05) is 13.6 Å². The molecular weight excluding hydrogens is 324 g/mol. The second-order valence-electron chi connectivity index (χ2n) is 7.90. The number of hydrogen-bond acceptors (Lipinski definition) is 1. The average molecular weight is 354 g/mol. The van der Waals surface area contributed by atoms with Crippen molar-refractivity contribution in [1.29, 1.82) is 0 Å². The molecule has 3 aromatic rings. The Hall–Kier alpha value is -2.07. The summed E-state index contributed by atoms with van der Waals surface area (Å²) >= 11 is 0. The van der Waals surface area contributed by atoms with Gasteiger partial charge in [0.15, 0.2) is 11.0 Å². The second-order valence-corrected chi connectivity index (χ2v) is 13.5. The third-order valence-electron chi connectivity index (χ3n) is 4.64. The second kappa shape index (κ2) is 7.44. The normalized spacial score (nSPS) is 11.8. The standard InChI is InChI=1S/C21H29N2OSi/c1-24-21-13-8-5-10-18(21)16-23-17-22(14-9-15-25(2,3)4)19-11-6-7-12-20(19)23/h5-8,10-13,17H,9,14-16H2,1-4H3/q+1. The maximum atomic E-state index is 5.52. The minimum Gasteiger partial charge on any atom is -0.496 e. The van der Waals surface area contributed by atoms with Crippen molar-refractivity contribution >= 4 is 19.1 Å². The van der Waals surface area contributed by atoms with E-state index >= 15 is 0 Å². The van der Waals surface area contributed by atoms with Crippen molar-refractivity contribution in [1.82, 2.24) is 4.57 Å². The van der Waals surface area contributed by atoms with Crippen LogP contribution < -0.4 is 9.30 Å². The molecule has 0 aliphatic rings. The molecule has 0 saturated heterocycles. The van der Waals surface area contributed by atoms with Crippen LogP contribution in [-0.4, -0.2) is 19.8 Å². The maximum Gasteiger partial charge on any atom is 0.245 e. The minimum atomic E-state index is -0.982. The van der Waals surface area contributed by atoms with Crippen LogP contribution in [0.2, 0.25) is 25.7 Å². The zero-order valence-corrected chi connectivity index (χ0v) is 16.8. The Bertz CT molecular complexity index is 848. The van der Waals surface area contributed by atoms with Gasteiger partial charge < -0.3 is 4.74 Å². The molecule has 132 valence electrons. The summed E-state index contributed by atoms with van der Waals surface area (Å²) in [5.41, 5.74) is 3.80. The fourth-order valence-electron chi connectivity index (χ4n) is 3.34. The lowest BCUT2D eigenvalue weighted by molar-refractivity contribution is -0.663. The summed E-state index contributed by atoms with van der Waals surface area (Å²) < 4.78 is 10.3. The van der Waals surface area contributed by atoms with E-state index in [0.717, 1.165) is 18.8 Å². The highest BCUT2D eigenvalue weighted by molar-refractivity contribution is 6.76. The summed E-state index contributed by atoms with van der Waals surface area (Å²) in [5, 5.41) is 0. The molecule has 0 saturated carbocycles. The van der Waals surface area contributed by atoms with Crippen LogP contribution in [0.1, 0.15) is 12.0 Å². The average Bonchev–Trinajstić information content (AvgIpc) is 2.92. The molecule has 3 rings (SSSR count). The topological polar surface area (TPSA) is 18.0 Å². The fraction of sp³-hybridized carbons (Fsp3) is 0.381. The number of methoxy groups -OCH3 is 1. The summed E-state index contributed by atoms with van der Waals surface area (Å²) in [6.45, 7) is 9.25. The summed E-state index contributed by atoms with van der Waals surface area (Å²) in [4.78, 5) is 0. The Morgan fingerprint density at radius 3 is 2.48 bits per heavy atom. The van der Waals surface area contributed by atoms with Crippen LogP contribution in [0.15, 0.2) is 54.9 Å². The first-order valence-electron chi connectivity index (χ1n) is 9.07. The van der Waals surface area contributed by atoms with E-state index in [-0.39, 0.29) is 0 Å². The Balaban J connectivity index is 1.88. The molecule has 0 aliphatic heterocycles. The van der Waals surface area contributed by atoms with Gasteiger partial charge in [-0.15, -0.1) is 0 Å². The number of nitrogens with zero attached hydrogens (tertiary/aromatic N) is 2. The maximum absolute atomic E-state index is 5.52. The highest BCUT2D eigenvalue weighted by Gasteiger charge is 2.18. The predicted octanol–water partition coefficient (Wildman–Crippen LogP) is 4.71. The van der Waals surface area contributed by atoms with Crippen molar-refractivity contribution in [2.24, 2.45) is 0 Å². The van der Waals surface area contributed by atoms with Crippen LogP contribution in [0.4, 0.5) is 0 Å². The number of hydrogen-bond donors (Lipinski definition) is 0. The van der Waals surface area contributed by atoms with Gasteiger partial charge in [0.05, 0.1) is 13.7 Å². The molecule has 0 unspecified atom stereocenters. The molecule has 25 heavy (non-hydrogen) atoms. The highest BCUT2D eigenvalue weighted by Crippen LogP contribution is 2.19. The van der Waals surface area contributed by atoms with Crippen molar-refractivity contribution in [3.63, 3.8) is 0 Å². The molecule has 2 aromatic carbocycles. The number of imidazole rings is 1. The van der Waals surface area contributed by atoms with E-state index in [1.807, 2.05) is 12.1 Å². The Labute approximate surface area is 151 Å². The molecule has 0 aliphatic carbocycles. The van der Waals surface area contributed by atoms with E-state index in [1.54, 1.807) is 7.11 Å². The van der Waals surface area contributed by atoms with Gasteiger partial charge in [0.25, 0.3) is 0 Å². The molecule has 1 aromatic heterocycles. The molecule has 4 heteroatoms. The summed E-state index contributed by atoms with van der Waals surface area (Å²) in [5.74, 6) is 0.950. The third-order valence-corrected chi connectivity index (χ3v) is 6.49. The highest BCUT2D eigenvalue weighted by atomic mass is 28.3. The number of rotatable bonds is 7. The molecular formula is C21H29N2OSi+. The SMILES string of the molecule is COc1ccccc1C[n+]1cn(CCC[Si](C)(C)C)c2ccccc21. The number of benzene rings is 2. The molecule has 0 radical (unpaired) electrons. The van der Waals surface area contributed by atoms with Crippen LogP contribution in [0, 0.1) is 0 Å². The van der Waals surface area contributed by atoms with Crippen molar-refractivity contribution in [3.8, 4) is 5.75 Å². The van der Waals surface area contributed by atoms with Gasteiger partial charge in [0.1, 0.15) is 12.3 Å². The van der Waals surface area contributed by atoms with Crippen LogP contribution >= 0.6 is 0 Å². The molecule has 0 fully saturated rings. The lowest BCUT2D eigenvalue weighted by Crippen LogP contribution is -2.33. The molecule has 0 amide bonds. The summed E-state index contributed by atoms with van der Waals surface area (Å²) in [7, 11) is 0.757. The smallest absolute Gasteiger partial charge is 0.245 e. The van der Waals surface area contributed by atoms with Gasteiger partial charge in [-0.3, -0.25) is 0 Å². The van der Waals surface area contributed by atoms with Gasteiger partial charge in [-0.25, -0.2) is 9.13 Å². The lowest BCUT2D eigenvalue weighted by atomic mass is 10.2. The monoisotopic (exact) mass is 353 g/mol. The van der Waals surface area contributed by atoms with Crippen molar-refractivity contribution in [3.05, 3.63) is 60.4 Å².